The number of allylic oxidation sites excluding steroid dienone is 2. The molecule has 2 aromatic heterocycles. The number of methoxy groups -OCH3 is 1. The first kappa shape index (κ1) is 20.5. The first-order valence-corrected chi connectivity index (χ1v) is 8.43. The van der Waals surface area contributed by atoms with Crippen molar-refractivity contribution in [3.63, 3.8) is 0 Å². The molecular weight excluding hydrogens is 336 g/mol. The molecule has 0 aromatic carbocycles. The second kappa shape index (κ2) is 10.4. The van der Waals surface area contributed by atoms with Gasteiger partial charge in [-0.1, -0.05) is 12.2 Å². The molecule has 0 unspecified atom stereocenters. The number of thiophene rings is 1. The van der Waals surface area contributed by atoms with Crippen LogP contribution in [0.3, 0.4) is 0 Å². The van der Waals surface area contributed by atoms with Crippen molar-refractivity contribution in [2.75, 3.05) is 26.5 Å². The zero-order chi connectivity index (χ0) is 18.8. The Morgan fingerprint density at radius 1 is 1.56 bits per heavy atom. The summed E-state index contributed by atoms with van der Waals surface area (Å²) in [6.45, 7) is 8.02. The zero-order valence-corrected chi connectivity index (χ0v) is 15.8. The highest BCUT2D eigenvalue weighted by molar-refractivity contribution is 7.21. The van der Waals surface area contributed by atoms with Crippen LogP contribution >= 0.6 is 11.3 Å². The summed E-state index contributed by atoms with van der Waals surface area (Å²) in [5, 5.41) is 0.738. The summed E-state index contributed by atoms with van der Waals surface area (Å²) in [6, 6.07) is 1.71. The van der Waals surface area contributed by atoms with Gasteiger partial charge in [0, 0.05) is 31.7 Å². The minimum absolute atomic E-state index is 0.535. The van der Waals surface area contributed by atoms with Crippen LogP contribution in [0.15, 0.2) is 41.7 Å². The first-order chi connectivity index (χ1) is 12.0. The number of carbonyl (C=O) groups excluding carboxylic acids is 1. The van der Waals surface area contributed by atoms with Crippen molar-refractivity contribution in [3.8, 4) is 0 Å². The lowest BCUT2D eigenvalue weighted by Crippen LogP contribution is -2.12. The number of rotatable bonds is 6. The Morgan fingerprint density at radius 2 is 2.28 bits per heavy atom. The van der Waals surface area contributed by atoms with Gasteiger partial charge in [0.05, 0.1) is 28.9 Å². The lowest BCUT2D eigenvalue weighted by atomic mass is 10.2. The van der Waals surface area contributed by atoms with Crippen LogP contribution in [0.2, 0.25) is 0 Å². The van der Waals surface area contributed by atoms with E-state index in [0.717, 1.165) is 22.2 Å². The summed E-state index contributed by atoms with van der Waals surface area (Å²) in [7, 11) is 3.54. The van der Waals surface area contributed by atoms with Gasteiger partial charge in [0.25, 0.3) is 0 Å². The van der Waals surface area contributed by atoms with Crippen LogP contribution in [0, 0.1) is 0 Å². The molecule has 7 heteroatoms. The van der Waals surface area contributed by atoms with Crippen LogP contribution in [0.4, 0.5) is 11.4 Å². The van der Waals surface area contributed by atoms with Gasteiger partial charge in [0.2, 0.25) is 0 Å². The van der Waals surface area contributed by atoms with Crippen LogP contribution in [0.1, 0.15) is 23.5 Å². The molecular formula is C18H24N4O2S. The zero-order valence-electron chi connectivity index (χ0n) is 15.0. The molecule has 6 nitrogen and oxygen atoms in total. The van der Waals surface area contributed by atoms with E-state index < -0.39 is 0 Å². The number of aliphatic imine (C=N–C) groups is 1. The fraction of sp³-hybridized carbons (Fsp3) is 0.278. The van der Waals surface area contributed by atoms with E-state index in [2.05, 4.69) is 21.3 Å². The number of nitrogen functional groups attached to an aromatic ring is 1. The van der Waals surface area contributed by atoms with Gasteiger partial charge in [-0.05, 0) is 19.9 Å². The topological polar surface area (TPSA) is 80.8 Å². The molecule has 0 aliphatic heterocycles. The molecule has 2 heterocycles. The van der Waals surface area contributed by atoms with Crippen LogP contribution in [0.5, 0.6) is 0 Å². The average Bonchev–Trinajstić information content (AvgIpc) is 2.99. The molecule has 2 N–H and O–H groups in total. The highest BCUT2D eigenvalue weighted by Crippen LogP contribution is 2.38. The maximum Gasteiger partial charge on any atom is 0.162 e. The number of aldehydes is 1. The second-order valence-corrected chi connectivity index (χ2v) is 6.07. The smallest absolute Gasteiger partial charge is 0.162 e. The monoisotopic (exact) mass is 360 g/mol. The number of fused-ring (bicyclic) bond motifs is 1. The van der Waals surface area contributed by atoms with Crippen molar-refractivity contribution in [1.29, 1.82) is 0 Å². The van der Waals surface area contributed by atoms with Crippen LogP contribution in [-0.4, -0.2) is 43.3 Å². The van der Waals surface area contributed by atoms with Crippen molar-refractivity contribution in [1.82, 2.24) is 9.88 Å². The van der Waals surface area contributed by atoms with Crippen molar-refractivity contribution in [2.45, 2.75) is 13.8 Å². The molecule has 0 saturated carbocycles. The van der Waals surface area contributed by atoms with E-state index >= 15 is 0 Å². The molecule has 0 aliphatic carbocycles. The molecule has 0 radical (unpaired) electrons. The highest BCUT2D eigenvalue weighted by atomic mass is 32.1. The van der Waals surface area contributed by atoms with E-state index in [1.807, 2.05) is 31.9 Å². The number of nitrogens with zero attached hydrogens (tertiary/aromatic N) is 3. The number of hydrogen-bond donors (Lipinski definition) is 1. The molecule has 0 fully saturated rings. The third-order valence-electron chi connectivity index (χ3n) is 3.35. The summed E-state index contributed by atoms with van der Waals surface area (Å²) in [4.78, 5) is 23.0. The normalized spacial score (nSPS) is 11.3. The predicted octanol–water partition coefficient (Wildman–Crippen LogP) is 4.03. The predicted molar refractivity (Wildman–Crippen MR) is 107 cm³/mol. The van der Waals surface area contributed by atoms with Gasteiger partial charge in [0.1, 0.15) is 4.83 Å². The lowest BCUT2D eigenvalue weighted by molar-refractivity contribution is 0.112. The Labute approximate surface area is 152 Å². The van der Waals surface area contributed by atoms with Crippen LogP contribution in [-0.2, 0) is 4.74 Å². The summed E-state index contributed by atoms with van der Waals surface area (Å²) in [6.07, 6.45) is 7.79. The third-order valence-corrected chi connectivity index (χ3v) is 4.36. The number of carbonyl (C=O) groups is 1. The van der Waals surface area contributed by atoms with Crippen molar-refractivity contribution in [3.05, 3.63) is 41.6 Å². The van der Waals surface area contributed by atoms with Crippen LogP contribution in [0.25, 0.3) is 10.2 Å². The van der Waals surface area contributed by atoms with Gasteiger partial charge in [0.15, 0.2) is 6.29 Å². The van der Waals surface area contributed by atoms with Crippen molar-refractivity contribution >= 4 is 45.6 Å². The van der Waals surface area contributed by atoms with Gasteiger partial charge in [-0.2, -0.15) is 0 Å². The Hall–Kier alpha value is -2.51. The molecule has 0 amide bonds. The molecule has 0 aliphatic rings. The quantitative estimate of drug-likeness (QED) is 0.364. The molecule has 0 atom stereocenters. The highest BCUT2D eigenvalue weighted by Gasteiger charge is 2.14. The van der Waals surface area contributed by atoms with Gasteiger partial charge < -0.3 is 15.4 Å². The van der Waals surface area contributed by atoms with Crippen molar-refractivity contribution in [2.24, 2.45) is 4.99 Å². The average molecular weight is 360 g/mol. The lowest BCUT2D eigenvalue weighted by Gasteiger charge is -2.12. The molecule has 0 spiro atoms. The molecule has 25 heavy (non-hydrogen) atoms. The Morgan fingerprint density at radius 3 is 2.80 bits per heavy atom. The maximum absolute atomic E-state index is 11.2. The standard InChI is InChI=1S/C14H16N4OS.C4H8O/c1-4-9(2)18(3)8-17-13-11(7-19)20-14-12(13)10(15)5-6-16-14;1-3-4-5-2/h4-8H,1-3H3,(H2,15,16);3H,1,4H2,2H3/b9-4+,17-8?;. The van der Waals surface area contributed by atoms with E-state index in [9.17, 15) is 4.79 Å². The van der Waals surface area contributed by atoms with Gasteiger partial charge in [-0.15, -0.1) is 17.9 Å². The second-order valence-electron chi connectivity index (χ2n) is 5.04. The molecule has 0 saturated heterocycles. The Kier molecular flexibility index (Phi) is 8.52. The number of pyridine rings is 1. The number of ether oxygens (including phenoxy) is 1. The van der Waals surface area contributed by atoms with E-state index in [1.54, 1.807) is 31.8 Å². The summed E-state index contributed by atoms with van der Waals surface area (Å²) >= 11 is 1.30. The van der Waals surface area contributed by atoms with E-state index in [1.165, 1.54) is 11.3 Å². The number of anilines is 1. The number of nitrogens with two attached hydrogens (primary N) is 1. The molecule has 2 aromatic rings. The molecule has 2 rings (SSSR count). The van der Waals surface area contributed by atoms with E-state index in [4.69, 9.17) is 5.73 Å². The van der Waals surface area contributed by atoms with Gasteiger partial charge >= 0.3 is 0 Å². The van der Waals surface area contributed by atoms with E-state index in [-0.39, 0.29) is 0 Å². The maximum atomic E-state index is 11.2. The third kappa shape index (κ3) is 5.51. The summed E-state index contributed by atoms with van der Waals surface area (Å²) in [5.41, 5.74) is 8.20. The van der Waals surface area contributed by atoms with Gasteiger partial charge in [-0.25, -0.2) is 9.98 Å². The number of aromatic nitrogens is 1. The summed E-state index contributed by atoms with van der Waals surface area (Å²) < 4.78 is 4.57. The van der Waals surface area contributed by atoms with Crippen molar-refractivity contribution < 1.29 is 9.53 Å². The molecule has 0 bridgehead atoms. The SMILES string of the molecule is C/C=C(\C)N(C)C=Nc1c(C=O)sc2nccc(N)c12.C=CCOC. The Balaban J connectivity index is 0.000000550. The fourth-order valence-corrected chi connectivity index (χ4v) is 2.75. The number of hydrogen-bond acceptors (Lipinski definition) is 6. The Bertz CT molecular complexity index is 781. The largest absolute Gasteiger partial charge is 0.398 e. The van der Waals surface area contributed by atoms with E-state index in [0.29, 0.717) is 22.9 Å². The van der Waals surface area contributed by atoms with Gasteiger partial charge in [-0.3, -0.25) is 4.79 Å². The minimum Gasteiger partial charge on any atom is -0.398 e. The minimum atomic E-state index is 0.535. The molecule has 134 valence electrons. The first-order valence-electron chi connectivity index (χ1n) is 7.62. The fourth-order valence-electron chi connectivity index (χ4n) is 1.81. The van der Waals surface area contributed by atoms with Crippen LogP contribution < -0.4 is 5.73 Å². The summed E-state index contributed by atoms with van der Waals surface area (Å²) in [5.74, 6) is 0.